The molecule has 4 atom stereocenters. The first-order chi connectivity index (χ1) is 13.6. The number of phenols is 1. The number of hydrogen-bond acceptors (Lipinski definition) is 5. The Balaban J connectivity index is 1.64. The molecule has 1 spiro atoms. The van der Waals surface area contributed by atoms with Crippen LogP contribution in [0.15, 0.2) is 35.4 Å². The summed E-state index contributed by atoms with van der Waals surface area (Å²) < 4.78 is 5.36. The van der Waals surface area contributed by atoms with Crippen LogP contribution >= 0.6 is 0 Å². The number of amides is 1. The van der Waals surface area contributed by atoms with E-state index in [9.17, 15) is 15.0 Å². The lowest BCUT2D eigenvalue weighted by atomic mass is 9.57. The number of benzene rings is 1. The highest BCUT2D eigenvalue weighted by Crippen LogP contribution is 2.66. The van der Waals surface area contributed by atoms with E-state index in [1.54, 1.807) is 7.11 Å². The van der Waals surface area contributed by atoms with Gasteiger partial charge in [-0.25, -0.2) is 0 Å². The summed E-state index contributed by atoms with van der Waals surface area (Å²) in [5, 5.41) is 20.5. The smallest absolute Gasteiger partial charge is 0.231 e. The normalized spacial score (nSPS) is 36.4. The molecule has 146 valence electrons. The third-order valence-electron chi connectivity index (χ3n) is 7.82. The van der Waals surface area contributed by atoms with Crippen LogP contribution in [0.2, 0.25) is 0 Å². The van der Waals surface area contributed by atoms with Crippen LogP contribution in [0, 0.1) is 5.92 Å². The van der Waals surface area contributed by atoms with Crippen molar-refractivity contribution in [2.24, 2.45) is 5.92 Å². The van der Waals surface area contributed by atoms with E-state index in [1.165, 1.54) is 11.1 Å². The van der Waals surface area contributed by atoms with E-state index in [1.807, 2.05) is 17.0 Å². The van der Waals surface area contributed by atoms with E-state index < -0.39 is 0 Å². The lowest BCUT2D eigenvalue weighted by molar-refractivity contribution is -0.118. The Morgan fingerprint density at radius 3 is 3.04 bits per heavy atom. The summed E-state index contributed by atoms with van der Waals surface area (Å²) in [6.07, 6.45) is 6.43. The molecule has 1 amide bonds. The van der Waals surface area contributed by atoms with Crippen LogP contribution in [-0.4, -0.2) is 59.9 Å². The molecule has 4 aliphatic heterocycles. The number of carbonyl (C=O) groups is 1. The lowest BCUT2D eigenvalue weighted by Gasteiger charge is -2.54. The van der Waals surface area contributed by atoms with Gasteiger partial charge in [-0.2, -0.15) is 0 Å². The van der Waals surface area contributed by atoms with Gasteiger partial charge in [0, 0.05) is 30.3 Å². The molecule has 2 saturated heterocycles. The van der Waals surface area contributed by atoms with Crippen LogP contribution in [0.4, 0.5) is 5.69 Å². The van der Waals surface area contributed by atoms with Gasteiger partial charge in [-0.1, -0.05) is 23.8 Å². The number of aliphatic hydroxyl groups excluding tert-OH is 1. The van der Waals surface area contributed by atoms with Crippen LogP contribution in [0.5, 0.6) is 11.5 Å². The highest BCUT2D eigenvalue weighted by molar-refractivity contribution is 6.03. The summed E-state index contributed by atoms with van der Waals surface area (Å²) in [6.45, 7) is 1.90. The third kappa shape index (κ3) is 1.70. The van der Waals surface area contributed by atoms with Crippen LogP contribution in [0.25, 0.3) is 0 Å². The fourth-order valence-corrected chi connectivity index (χ4v) is 6.87. The van der Waals surface area contributed by atoms with Crippen molar-refractivity contribution in [1.82, 2.24) is 4.90 Å². The molecule has 3 fully saturated rings. The molecule has 2 bridgehead atoms. The molecule has 1 saturated carbocycles. The maximum atomic E-state index is 13.1. The Labute approximate surface area is 163 Å². The van der Waals surface area contributed by atoms with Crippen molar-refractivity contribution in [3.63, 3.8) is 0 Å². The van der Waals surface area contributed by atoms with Crippen LogP contribution in [-0.2, 0) is 10.2 Å². The fourth-order valence-electron chi connectivity index (χ4n) is 6.87. The summed E-state index contributed by atoms with van der Waals surface area (Å²) in [5.41, 5.74) is 4.15. The van der Waals surface area contributed by atoms with E-state index in [-0.39, 0.29) is 35.6 Å². The summed E-state index contributed by atoms with van der Waals surface area (Å²) in [6, 6.07) is 4.21. The average Bonchev–Trinajstić information content (AvgIpc) is 3.23. The first-order valence-corrected chi connectivity index (χ1v) is 10.1. The topological polar surface area (TPSA) is 73.2 Å². The monoisotopic (exact) mass is 380 g/mol. The summed E-state index contributed by atoms with van der Waals surface area (Å²) >= 11 is 0. The molecule has 0 aromatic heterocycles. The molecule has 0 radical (unpaired) electrons. The number of anilines is 1. The van der Waals surface area contributed by atoms with E-state index in [2.05, 4.69) is 17.0 Å². The Morgan fingerprint density at radius 1 is 1.39 bits per heavy atom. The maximum absolute atomic E-state index is 13.1. The number of methoxy groups -OCH3 is 1. The second-order valence-corrected chi connectivity index (χ2v) is 8.61. The molecule has 5 aliphatic rings. The minimum atomic E-state index is -0.164. The molecule has 1 aromatic rings. The number of nitrogens with zero attached hydrogens (tertiary/aromatic N) is 2. The second kappa shape index (κ2) is 5.39. The van der Waals surface area contributed by atoms with Crippen molar-refractivity contribution in [3.05, 3.63) is 41.0 Å². The van der Waals surface area contributed by atoms with Crippen LogP contribution < -0.4 is 9.64 Å². The van der Waals surface area contributed by atoms with E-state index >= 15 is 0 Å². The number of piperidine rings is 1. The molecule has 6 nitrogen and oxygen atoms in total. The molecule has 1 aliphatic carbocycles. The number of carbonyl (C=O) groups excluding carboxylic acids is 1. The van der Waals surface area contributed by atoms with Gasteiger partial charge in [-0.3, -0.25) is 9.69 Å². The highest BCUT2D eigenvalue weighted by atomic mass is 16.5. The molecule has 4 unspecified atom stereocenters. The zero-order valence-electron chi connectivity index (χ0n) is 15.9. The zero-order valence-corrected chi connectivity index (χ0v) is 15.9. The Bertz CT molecular complexity index is 968. The van der Waals surface area contributed by atoms with Gasteiger partial charge in [0.2, 0.25) is 5.91 Å². The number of rotatable bonds is 2. The first-order valence-electron chi connectivity index (χ1n) is 10.1. The van der Waals surface area contributed by atoms with Crippen molar-refractivity contribution < 1.29 is 19.7 Å². The maximum Gasteiger partial charge on any atom is 0.231 e. The zero-order chi connectivity index (χ0) is 19.2. The minimum Gasteiger partial charge on any atom is -0.503 e. The molecule has 6 heteroatoms. The van der Waals surface area contributed by atoms with Crippen molar-refractivity contribution in [1.29, 1.82) is 0 Å². The Kier molecular flexibility index (Phi) is 3.20. The summed E-state index contributed by atoms with van der Waals surface area (Å²) in [7, 11) is 1.54. The van der Waals surface area contributed by atoms with Gasteiger partial charge < -0.3 is 19.8 Å². The number of ether oxygens (including phenoxy) is 1. The van der Waals surface area contributed by atoms with E-state index in [4.69, 9.17) is 4.74 Å². The largest absolute Gasteiger partial charge is 0.503 e. The first kappa shape index (κ1) is 16.6. The third-order valence-corrected chi connectivity index (χ3v) is 7.82. The van der Waals surface area contributed by atoms with Gasteiger partial charge in [0.25, 0.3) is 0 Å². The Morgan fingerprint density at radius 2 is 2.25 bits per heavy atom. The number of fused-ring (bicyclic) bond motifs is 4. The van der Waals surface area contributed by atoms with Crippen molar-refractivity contribution in [3.8, 4) is 11.5 Å². The van der Waals surface area contributed by atoms with Crippen LogP contribution in [0.1, 0.15) is 24.8 Å². The minimum absolute atomic E-state index is 0.0431. The summed E-state index contributed by atoms with van der Waals surface area (Å²) in [4.78, 5) is 17.5. The molecule has 2 N–H and O–H groups in total. The Hall–Kier alpha value is -2.31. The fraction of sp³-hybridized carbons (Fsp3) is 0.500. The number of hydrogen-bond donors (Lipinski definition) is 2. The predicted octanol–water partition coefficient (Wildman–Crippen LogP) is 1.71. The second-order valence-electron chi connectivity index (χ2n) is 8.61. The summed E-state index contributed by atoms with van der Waals surface area (Å²) in [5.74, 6) is 0.814. The molecule has 6 rings (SSSR count). The quantitative estimate of drug-likeness (QED) is 0.765. The number of aromatic hydroxyl groups is 1. The number of phenolic OH excluding ortho intramolecular Hbond substituents is 1. The van der Waals surface area contributed by atoms with Crippen molar-refractivity contribution in [2.45, 2.75) is 36.8 Å². The lowest BCUT2D eigenvalue weighted by Crippen LogP contribution is -2.62. The average molecular weight is 380 g/mol. The molecular weight excluding hydrogens is 356 g/mol. The van der Waals surface area contributed by atoms with Crippen LogP contribution in [0.3, 0.4) is 0 Å². The van der Waals surface area contributed by atoms with Crippen molar-refractivity contribution in [2.75, 3.05) is 31.7 Å². The van der Waals surface area contributed by atoms with Gasteiger partial charge in [0.1, 0.15) is 0 Å². The molecule has 4 heterocycles. The SMILES string of the molecule is COc1ccc2c(c1O)N1C(=O)CC=C3C4CC5N(CCC25C31)C/C4=C\CO. The molecule has 1 aromatic carbocycles. The molecule has 28 heavy (non-hydrogen) atoms. The number of aliphatic hydroxyl groups is 1. The van der Waals surface area contributed by atoms with Gasteiger partial charge >= 0.3 is 0 Å². The highest BCUT2D eigenvalue weighted by Gasteiger charge is 2.67. The van der Waals surface area contributed by atoms with Gasteiger partial charge in [-0.15, -0.1) is 0 Å². The van der Waals surface area contributed by atoms with E-state index in [0.29, 0.717) is 23.9 Å². The standard InChI is InChI=1S/C22H24N2O4/c1-28-16-4-3-15-19(20(16)27)24-18(26)5-2-13-14-10-17-22(15,21(13)24)7-8-23(17)11-12(14)6-9-25/h2-4,6,14,17,21,25,27H,5,7-11H2,1H3/b12-6+. The van der Waals surface area contributed by atoms with Crippen molar-refractivity contribution >= 4 is 11.6 Å². The molecular formula is C22H24N2O4. The van der Waals surface area contributed by atoms with Gasteiger partial charge in [0.05, 0.1) is 25.4 Å². The van der Waals surface area contributed by atoms with Gasteiger partial charge in [-0.05, 0) is 36.6 Å². The predicted molar refractivity (Wildman–Crippen MR) is 104 cm³/mol. The van der Waals surface area contributed by atoms with E-state index in [0.717, 1.165) is 31.5 Å². The van der Waals surface area contributed by atoms with Gasteiger partial charge in [0.15, 0.2) is 11.5 Å².